The van der Waals surface area contributed by atoms with Gasteiger partial charge in [-0.3, -0.25) is 4.79 Å². The fourth-order valence-corrected chi connectivity index (χ4v) is 2.09. The highest BCUT2D eigenvalue weighted by Crippen LogP contribution is 2.20. The van der Waals surface area contributed by atoms with Crippen molar-refractivity contribution in [1.29, 1.82) is 0 Å². The SMILES string of the molecule is O=Cc1cccc2c1cc1ccccc1[n+]2[O-]. The summed E-state index contributed by atoms with van der Waals surface area (Å²) in [5.74, 6) is 0. The predicted molar refractivity (Wildman–Crippen MR) is 65.8 cm³/mol. The normalized spacial score (nSPS) is 10.8. The van der Waals surface area contributed by atoms with Crippen LogP contribution in [-0.2, 0) is 0 Å². The molecule has 2 aromatic carbocycles. The number of nitrogens with zero attached hydrogens (tertiary/aromatic N) is 1. The maximum Gasteiger partial charge on any atom is 0.225 e. The van der Waals surface area contributed by atoms with Gasteiger partial charge in [0.15, 0.2) is 6.29 Å². The smallest absolute Gasteiger partial charge is 0.225 e. The van der Waals surface area contributed by atoms with Crippen LogP contribution >= 0.6 is 0 Å². The number of hydrogen-bond acceptors (Lipinski definition) is 2. The van der Waals surface area contributed by atoms with Gasteiger partial charge in [-0.1, -0.05) is 24.3 Å². The Kier molecular flexibility index (Phi) is 2.05. The quantitative estimate of drug-likeness (QED) is 0.275. The second-order valence-electron chi connectivity index (χ2n) is 3.90. The van der Waals surface area contributed by atoms with Gasteiger partial charge in [-0.05, 0) is 12.1 Å². The second-order valence-corrected chi connectivity index (χ2v) is 3.90. The minimum atomic E-state index is 0.522. The highest BCUT2D eigenvalue weighted by atomic mass is 16.5. The molecule has 0 aliphatic rings. The lowest BCUT2D eigenvalue weighted by Gasteiger charge is -2.06. The lowest BCUT2D eigenvalue weighted by molar-refractivity contribution is -0.547. The minimum Gasteiger partial charge on any atom is -0.618 e. The van der Waals surface area contributed by atoms with E-state index in [0.717, 1.165) is 16.4 Å². The molecule has 3 aromatic rings. The fourth-order valence-electron chi connectivity index (χ4n) is 2.09. The summed E-state index contributed by atoms with van der Waals surface area (Å²) in [5.41, 5.74) is 1.68. The minimum absolute atomic E-state index is 0.522. The lowest BCUT2D eigenvalue weighted by Crippen LogP contribution is -2.28. The van der Waals surface area contributed by atoms with Crippen molar-refractivity contribution in [3.63, 3.8) is 0 Å². The van der Waals surface area contributed by atoms with Crippen LogP contribution in [0.2, 0.25) is 0 Å². The van der Waals surface area contributed by atoms with Gasteiger partial charge in [0.25, 0.3) is 0 Å². The highest BCUT2D eigenvalue weighted by molar-refractivity contribution is 5.99. The zero-order chi connectivity index (χ0) is 11.8. The van der Waals surface area contributed by atoms with Crippen molar-refractivity contribution in [3.8, 4) is 0 Å². The van der Waals surface area contributed by atoms with Gasteiger partial charge in [-0.15, -0.1) is 0 Å². The van der Waals surface area contributed by atoms with Gasteiger partial charge in [-0.2, -0.15) is 4.73 Å². The molecule has 3 rings (SSSR count). The topological polar surface area (TPSA) is 44.0 Å². The number of para-hydroxylation sites is 1. The average molecular weight is 223 g/mol. The molecule has 0 radical (unpaired) electrons. The summed E-state index contributed by atoms with van der Waals surface area (Å²) in [6, 6.07) is 14.4. The monoisotopic (exact) mass is 223 g/mol. The van der Waals surface area contributed by atoms with E-state index < -0.39 is 0 Å². The number of rotatable bonds is 1. The summed E-state index contributed by atoms with van der Waals surface area (Å²) in [7, 11) is 0. The number of hydrogen-bond donors (Lipinski definition) is 0. The Bertz CT molecular complexity index is 735. The maximum atomic E-state index is 12.2. The molecule has 3 nitrogen and oxygen atoms in total. The average Bonchev–Trinajstić information content (AvgIpc) is 2.38. The van der Waals surface area contributed by atoms with Crippen molar-refractivity contribution in [3.05, 3.63) is 59.3 Å². The van der Waals surface area contributed by atoms with E-state index in [2.05, 4.69) is 0 Å². The third-order valence-electron chi connectivity index (χ3n) is 2.92. The number of benzene rings is 2. The van der Waals surface area contributed by atoms with Crippen LogP contribution in [0.5, 0.6) is 0 Å². The van der Waals surface area contributed by atoms with E-state index in [9.17, 15) is 10.0 Å². The Morgan fingerprint density at radius 3 is 2.59 bits per heavy atom. The van der Waals surface area contributed by atoms with E-state index in [4.69, 9.17) is 0 Å². The van der Waals surface area contributed by atoms with Crippen LogP contribution in [0.3, 0.4) is 0 Å². The first-order valence-corrected chi connectivity index (χ1v) is 5.30. The first kappa shape index (κ1) is 9.78. The standard InChI is InChI=1S/C14H9NO2/c16-9-11-5-3-7-14-12(11)8-10-4-1-2-6-13(10)15(14)17/h1-9H. The molecule has 0 saturated heterocycles. The van der Waals surface area contributed by atoms with E-state index >= 15 is 0 Å². The molecule has 0 N–H and O–H groups in total. The van der Waals surface area contributed by atoms with Crippen LogP contribution in [-0.4, -0.2) is 6.29 Å². The Morgan fingerprint density at radius 1 is 1.00 bits per heavy atom. The summed E-state index contributed by atoms with van der Waals surface area (Å²) < 4.78 is 0.873. The zero-order valence-corrected chi connectivity index (χ0v) is 8.96. The van der Waals surface area contributed by atoms with Crippen molar-refractivity contribution in [2.45, 2.75) is 0 Å². The summed E-state index contributed by atoms with van der Waals surface area (Å²) >= 11 is 0. The predicted octanol–water partition coefficient (Wildman–Crippen LogP) is 2.44. The van der Waals surface area contributed by atoms with Gasteiger partial charge in [0.2, 0.25) is 11.0 Å². The zero-order valence-electron chi connectivity index (χ0n) is 8.96. The van der Waals surface area contributed by atoms with E-state index in [0.29, 0.717) is 22.0 Å². The van der Waals surface area contributed by atoms with E-state index in [1.807, 2.05) is 24.3 Å². The van der Waals surface area contributed by atoms with E-state index in [-0.39, 0.29) is 0 Å². The molecule has 1 heterocycles. The first-order valence-electron chi connectivity index (χ1n) is 5.30. The summed E-state index contributed by atoms with van der Waals surface area (Å²) in [6.45, 7) is 0. The van der Waals surface area contributed by atoms with Gasteiger partial charge in [0.05, 0.1) is 5.39 Å². The van der Waals surface area contributed by atoms with Crippen LogP contribution < -0.4 is 4.73 Å². The molecule has 0 spiro atoms. The van der Waals surface area contributed by atoms with Gasteiger partial charge < -0.3 is 5.21 Å². The van der Waals surface area contributed by atoms with Crippen molar-refractivity contribution >= 4 is 28.1 Å². The summed E-state index contributed by atoms with van der Waals surface area (Å²) in [6.07, 6.45) is 0.775. The molecular formula is C14H9NO2. The Morgan fingerprint density at radius 2 is 1.76 bits per heavy atom. The molecule has 82 valence electrons. The highest BCUT2D eigenvalue weighted by Gasteiger charge is 2.11. The number of carbonyl (C=O) groups excluding carboxylic acids is 1. The third-order valence-corrected chi connectivity index (χ3v) is 2.92. The molecule has 0 atom stereocenters. The molecule has 1 aromatic heterocycles. The van der Waals surface area contributed by atoms with Crippen molar-refractivity contribution in [2.75, 3.05) is 0 Å². The molecular weight excluding hydrogens is 214 g/mol. The van der Waals surface area contributed by atoms with Gasteiger partial charge in [0.1, 0.15) is 0 Å². The molecule has 0 aliphatic heterocycles. The van der Waals surface area contributed by atoms with E-state index in [1.54, 1.807) is 24.3 Å². The molecule has 0 bridgehead atoms. The summed E-state index contributed by atoms with van der Waals surface area (Å²) in [5, 5.41) is 13.7. The molecule has 0 aliphatic carbocycles. The van der Waals surface area contributed by atoms with Crippen LogP contribution in [0.4, 0.5) is 0 Å². The first-order chi connectivity index (χ1) is 8.31. The maximum absolute atomic E-state index is 12.2. The van der Waals surface area contributed by atoms with Gasteiger partial charge in [0, 0.05) is 23.1 Å². The van der Waals surface area contributed by atoms with Gasteiger partial charge >= 0.3 is 0 Å². The molecule has 0 unspecified atom stereocenters. The van der Waals surface area contributed by atoms with E-state index in [1.165, 1.54) is 0 Å². The van der Waals surface area contributed by atoms with Gasteiger partial charge in [-0.25, -0.2) is 0 Å². The fraction of sp³-hybridized carbons (Fsp3) is 0. The molecule has 0 fully saturated rings. The van der Waals surface area contributed by atoms with Crippen molar-refractivity contribution in [2.24, 2.45) is 0 Å². The largest absolute Gasteiger partial charge is 0.618 e. The molecule has 3 heteroatoms. The van der Waals surface area contributed by atoms with Crippen molar-refractivity contribution < 1.29 is 9.52 Å². The summed E-state index contributed by atoms with van der Waals surface area (Å²) in [4.78, 5) is 11.0. The Labute approximate surface area is 97.5 Å². The lowest BCUT2D eigenvalue weighted by atomic mass is 10.1. The van der Waals surface area contributed by atoms with Crippen LogP contribution in [0.25, 0.3) is 21.8 Å². The number of carbonyl (C=O) groups is 1. The number of pyridine rings is 1. The Balaban J connectivity index is 2.59. The van der Waals surface area contributed by atoms with Crippen LogP contribution in [0.1, 0.15) is 10.4 Å². The number of aromatic nitrogens is 1. The van der Waals surface area contributed by atoms with Crippen molar-refractivity contribution in [1.82, 2.24) is 0 Å². The van der Waals surface area contributed by atoms with Crippen LogP contribution in [0.15, 0.2) is 48.5 Å². The van der Waals surface area contributed by atoms with Crippen LogP contribution in [0, 0.1) is 5.21 Å². The Hall–Kier alpha value is -2.42. The second kappa shape index (κ2) is 3.56. The third kappa shape index (κ3) is 1.36. The molecule has 0 amide bonds. The molecule has 17 heavy (non-hydrogen) atoms. The number of fused-ring (bicyclic) bond motifs is 2. The molecule has 0 saturated carbocycles. The number of aldehydes is 1.